The van der Waals surface area contributed by atoms with E-state index in [1.807, 2.05) is 6.07 Å². The van der Waals surface area contributed by atoms with Crippen molar-refractivity contribution in [3.8, 4) is 5.75 Å². The highest BCUT2D eigenvalue weighted by Gasteiger charge is 2.03. The van der Waals surface area contributed by atoms with E-state index >= 15 is 0 Å². The molecule has 0 aliphatic heterocycles. The normalized spacial score (nSPS) is 9.80. The number of hydrogen-bond donors (Lipinski definition) is 2. The molecule has 0 saturated carbocycles. The van der Waals surface area contributed by atoms with Crippen LogP contribution in [0.3, 0.4) is 0 Å². The molecule has 0 fully saturated rings. The predicted octanol–water partition coefficient (Wildman–Crippen LogP) is 2.53. The van der Waals surface area contributed by atoms with E-state index in [9.17, 15) is 4.79 Å². The zero-order chi connectivity index (χ0) is 11.3. The lowest BCUT2D eigenvalue weighted by Gasteiger charge is -2.08. The van der Waals surface area contributed by atoms with Crippen LogP contribution >= 0.6 is 24.2 Å². The van der Waals surface area contributed by atoms with Crippen LogP contribution in [-0.2, 0) is 6.42 Å². The van der Waals surface area contributed by atoms with Gasteiger partial charge in [-0.25, -0.2) is 0 Å². The van der Waals surface area contributed by atoms with Crippen LogP contribution in [0.2, 0.25) is 5.02 Å². The Bertz CT molecular complexity index is 357. The Morgan fingerprint density at radius 3 is 2.93 bits per heavy atom. The summed E-state index contributed by atoms with van der Waals surface area (Å²) in [4.78, 5) is 10.6. The number of ether oxygens (including phenoxy) is 1. The Labute approximate surface area is 99.2 Å². The van der Waals surface area contributed by atoms with Gasteiger partial charge in [0.1, 0.15) is 5.75 Å². The molecule has 1 aromatic carbocycles. The highest BCUT2D eigenvalue weighted by atomic mass is 35.5. The third-order valence-electron chi connectivity index (χ3n) is 1.91. The van der Waals surface area contributed by atoms with Crippen LogP contribution in [0, 0.1) is 0 Å². The lowest BCUT2D eigenvalue weighted by atomic mass is 10.1. The summed E-state index contributed by atoms with van der Waals surface area (Å²) in [6.45, 7) is 0.513. The van der Waals surface area contributed by atoms with Gasteiger partial charge in [-0.1, -0.05) is 24.2 Å². The molecule has 82 valence electrons. The molecule has 1 aromatic rings. The lowest BCUT2D eigenvalue weighted by molar-refractivity contribution is 0.261. The molecule has 1 amide bonds. The van der Waals surface area contributed by atoms with Crippen molar-refractivity contribution in [1.82, 2.24) is 5.32 Å². The first kappa shape index (κ1) is 12.2. The number of hydrogen-bond acceptors (Lipinski definition) is 2. The monoisotopic (exact) mass is 245 g/mol. The first-order valence-corrected chi connectivity index (χ1v) is 5.25. The van der Waals surface area contributed by atoms with Crippen LogP contribution in [0.15, 0.2) is 18.2 Å². The summed E-state index contributed by atoms with van der Waals surface area (Å²) >= 11 is 9.46. The number of rotatable bonds is 4. The molecule has 0 aliphatic rings. The number of carbonyl (C=O) groups is 1. The van der Waals surface area contributed by atoms with Crippen molar-refractivity contribution >= 4 is 29.5 Å². The molecule has 1 N–H and O–H groups in total. The Kier molecular flexibility index (Phi) is 4.78. The van der Waals surface area contributed by atoms with Gasteiger partial charge in [0.25, 0.3) is 5.24 Å². The molecular formula is C10H12ClNO2S. The maximum absolute atomic E-state index is 10.6. The topological polar surface area (TPSA) is 38.3 Å². The number of thiol groups is 1. The summed E-state index contributed by atoms with van der Waals surface area (Å²) in [5.74, 6) is 0.771. The minimum atomic E-state index is -0.337. The number of nitrogens with one attached hydrogen (secondary N) is 1. The van der Waals surface area contributed by atoms with Gasteiger partial charge in [0, 0.05) is 11.6 Å². The van der Waals surface area contributed by atoms with Gasteiger partial charge >= 0.3 is 0 Å². The van der Waals surface area contributed by atoms with Gasteiger partial charge in [-0.15, -0.1) is 0 Å². The summed E-state index contributed by atoms with van der Waals surface area (Å²) in [7, 11) is 1.60. The first-order valence-electron chi connectivity index (χ1n) is 4.42. The van der Waals surface area contributed by atoms with Crippen molar-refractivity contribution in [2.45, 2.75) is 6.42 Å². The summed E-state index contributed by atoms with van der Waals surface area (Å²) < 4.78 is 5.17. The van der Waals surface area contributed by atoms with Crippen LogP contribution in [0.1, 0.15) is 5.56 Å². The molecule has 0 radical (unpaired) electrons. The minimum Gasteiger partial charge on any atom is -0.496 e. The molecule has 0 atom stereocenters. The van der Waals surface area contributed by atoms with Gasteiger partial charge in [-0.2, -0.15) is 0 Å². The van der Waals surface area contributed by atoms with Crippen molar-refractivity contribution < 1.29 is 9.53 Å². The molecule has 3 nitrogen and oxygen atoms in total. The van der Waals surface area contributed by atoms with Crippen LogP contribution < -0.4 is 10.1 Å². The van der Waals surface area contributed by atoms with Gasteiger partial charge in [0.05, 0.1) is 7.11 Å². The zero-order valence-corrected chi connectivity index (χ0v) is 9.94. The Morgan fingerprint density at radius 1 is 1.60 bits per heavy atom. The molecule has 0 saturated heterocycles. The molecular weight excluding hydrogens is 234 g/mol. The number of benzene rings is 1. The molecule has 0 unspecified atom stereocenters. The number of halogens is 1. The first-order chi connectivity index (χ1) is 7.13. The van der Waals surface area contributed by atoms with Crippen LogP contribution in [0.25, 0.3) is 0 Å². The van der Waals surface area contributed by atoms with Gasteiger partial charge in [-0.05, 0) is 30.2 Å². The average molecular weight is 246 g/mol. The van der Waals surface area contributed by atoms with E-state index in [0.717, 1.165) is 11.3 Å². The van der Waals surface area contributed by atoms with E-state index < -0.39 is 0 Å². The lowest BCUT2D eigenvalue weighted by Crippen LogP contribution is -2.19. The quantitative estimate of drug-likeness (QED) is 0.800. The van der Waals surface area contributed by atoms with E-state index in [4.69, 9.17) is 16.3 Å². The highest BCUT2D eigenvalue weighted by Crippen LogP contribution is 2.22. The fourth-order valence-electron chi connectivity index (χ4n) is 1.25. The maximum Gasteiger partial charge on any atom is 0.275 e. The third kappa shape index (κ3) is 4.01. The fourth-order valence-corrected chi connectivity index (χ4v) is 1.55. The second kappa shape index (κ2) is 5.88. The molecule has 0 spiro atoms. The van der Waals surface area contributed by atoms with E-state index in [2.05, 4.69) is 17.9 Å². The van der Waals surface area contributed by atoms with Gasteiger partial charge in [-0.3, -0.25) is 4.79 Å². The molecule has 0 aromatic heterocycles. The SMILES string of the molecule is COc1ccc(Cl)cc1CCNC(=O)S. The Balaban J connectivity index is 2.65. The van der Waals surface area contributed by atoms with Gasteiger partial charge in [0.15, 0.2) is 0 Å². The van der Waals surface area contributed by atoms with Crippen molar-refractivity contribution in [3.05, 3.63) is 28.8 Å². The average Bonchev–Trinajstić information content (AvgIpc) is 2.17. The van der Waals surface area contributed by atoms with E-state index in [-0.39, 0.29) is 5.24 Å². The molecule has 1 rings (SSSR count). The Morgan fingerprint density at radius 2 is 2.33 bits per heavy atom. The predicted molar refractivity (Wildman–Crippen MR) is 64.1 cm³/mol. The van der Waals surface area contributed by atoms with Crippen LogP contribution in [0.4, 0.5) is 4.79 Å². The van der Waals surface area contributed by atoms with Crippen molar-refractivity contribution in [1.29, 1.82) is 0 Å². The molecule has 0 aliphatic carbocycles. The smallest absolute Gasteiger partial charge is 0.275 e. The molecule has 15 heavy (non-hydrogen) atoms. The number of amides is 1. The summed E-state index contributed by atoms with van der Waals surface area (Å²) in [6, 6.07) is 5.40. The van der Waals surface area contributed by atoms with Crippen molar-refractivity contribution in [2.75, 3.05) is 13.7 Å². The highest BCUT2D eigenvalue weighted by molar-refractivity contribution is 7.96. The molecule has 5 heteroatoms. The van der Waals surface area contributed by atoms with E-state index in [1.165, 1.54) is 0 Å². The number of carbonyl (C=O) groups excluding carboxylic acids is 1. The third-order valence-corrected chi connectivity index (χ3v) is 2.31. The second-order valence-corrected chi connectivity index (χ2v) is 3.78. The van der Waals surface area contributed by atoms with E-state index in [0.29, 0.717) is 18.0 Å². The summed E-state index contributed by atoms with van der Waals surface area (Å²) in [5.41, 5.74) is 0.965. The zero-order valence-electron chi connectivity index (χ0n) is 8.29. The largest absolute Gasteiger partial charge is 0.496 e. The van der Waals surface area contributed by atoms with Gasteiger partial charge < -0.3 is 10.1 Å². The standard InChI is InChI=1S/C10H12ClNO2S/c1-14-9-3-2-8(11)6-7(9)4-5-12-10(13)15/h2-3,6H,4-5H2,1H3,(H2,12,13,15). The van der Waals surface area contributed by atoms with Crippen LogP contribution in [-0.4, -0.2) is 18.9 Å². The minimum absolute atomic E-state index is 0.337. The van der Waals surface area contributed by atoms with E-state index in [1.54, 1.807) is 19.2 Å². The van der Waals surface area contributed by atoms with Crippen molar-refractivity contribution in [3.63, 3.8) is 0 Å². The Hall–Kier alpha value is -0.870. The van der Waals surface area contributed by atoms with Crippen LogP contribution in [0.5, 0.6) is 5.75 Å². The second-order valence-electron chi connectivity index (χ2n) is 2.94. The molecule has 0 heterocycles. The summed E-state index contributed by atoms with van der Waals surface area (Å²) in [5, 5.41) is 2.91. The fraction of sp³-hybridized carbons (Fsp3) is 0.300. The summed E-state index contributed by atoms with van der Waals surface area (Å²) in [6.07, 6.45) is 0.663. The molecule has 0 bridgehead atoms. The van der Waals surface area contributed by atoms with Gasteiger partial charge in [0.2, 0.25) is 0 Å². The van der Waals surface area contributed by atoms with Crippen molar-refractivity contribution in [2.24, 2.45) is 0 Å². The maximum atomic E-state index is 10.6. The number of methoxy groups -OCH3 is 1.